The number of ether oxygens (including phenoxy) is 1. The second-order valence-electron chi connectivity index (χ2n) is 5.97. The largest absolute Gasteiger partial charge is 0.468 e. The van der Waals surface area contributed by atoms with E-state index in [1.807, 2.05) is 68.4 Å². The maximum Gasteiger partial charge on any atom is 0.329 e. The first-order valence-corrected chi connectivity index (χ1v) is 9.08. The highest BCUT2D eigenvalue weighted by Gasteiger charge is 2.71. The maximum absolute atomic E-state index is 13.1. The van der Waals surface area contributed by atoms with Gasteiger partial charge in [-0.25, -0.2) is 9.00 Å². The van der Waals surface area contributed by atoms with Gasteiger partial charge in [0.25, 0.3) is 0 Å². The van der Waals surface area contributed by atoms with E-state index < -0.39 is 16.5 Å². The lowest BCUT2D eigenvalue weighted by molar-refractivity contribution is -0.144. The molecule has 2 aromatic rings. The molecule has 0 amide bonds. The van der Waals surface area contributed by atoms with Gasteiger partial charge in [0.1, 0.15) is 11.0 Å². The summed E-state index contributed by atoms with van der Waals surface area (Å²) in [6, 6.07) is 17.0. The predicted octanol–water partition coefficient (Wildman–Crippen LogP) is 3.40. The second kappa shape index (κ2) is 6.49. The molecule has 4 atom stereocenters. The standard InChI is InChI=1S/C19H21NO3S/c1-4-19(18(21)23-3)17(15-8-6-5-7-9-15)20(19)24(22)16-12-10-14(2)11-13-16/h5-13,17H,4H2,1-3H3/t17-,19+,20?,24?/m0/s1. The Labute approximate surface area is 145 Å². The molecular weight excluding hydrogens is 322 g/mol. The van der Waals surface area contributed by atoms with Crippen molar-refractivity contribution in [3.8, 4) is 0 Å². The Hall–Kier alpha value is -1.98. The lowest BCUT2D eigenvalue weighted by Crippen LogP contribution is -2.31. The van der Waals surface area contributed by atoms with Crippen LogP contribution in [0.2, 0.25) is 0 Å². The first-order chi connectivity index (χ1) is 11.6. The molecule has 0 spiro atoms. The molecule has 1 heterocycles. The number of hydrogen-bond acceptors (Lipinski definition) is 3. The topological polar surface area (TPSA) is 46.4 Å². The van der Waals surface area contributed by atoms with Crippen molar-refractivity contribution in [3.05, 3.63) is 65.7 Å². The molecule has 2 unspecified atom stereocenters. The molecule has 1 aliphatic rings. The normalized spacial score (nSPS) is 26.6. The van der Waals surface area contributed by atoms with Gasteiger partial charge in [0.05, 0.1) is 18.0 Å². The van der Waals surface area contributed by atoms with Gasteiger partial charge in [-0.1, -0.05) is 55.0 Å². The average Bonchev–Trinajstić information content (AvgIpc) is 3.32. The fourth-order valence-corrected chi connectivity index (χ4v) is 4.87. The lowest BCUT2D eigenvalue weighted by atomic mass is 9.97. The number of carbonyl (C=O) groups excluding carboxylic acids is 1. The van der Waals surface area contributed by atoms with Crippen LogP contribution in [0.5, 0.6) is 0 Å². The smallest absolute Gasteiger partial charge is 0.329 e. The van der Waals surface area contributed by atoms with Crippen LogP contribution < -0.4 is 0 Å². The Kier molecular flexibility index (Phi) is 4.56. The number of benzene rings is 2. The quantitative estimate of drug-likeness (QED) is 0.617. The van der Waals surface area contributed by atoms with Crippen molar-refractivity contribution < 1.29 is 13.7 Å². The minimum Gasteiger partial charge on any atom is -0.468 e. The van der Waals surface area contributed by atoms with Crippen LogP contribution >= 0.6 is 0 Å². The van der Waals surface area contributed by atoms with E-state index in [0.717, 1.165) is 11.1 Å². The van der Waals surface area contributed by atoms with Crippen LogP contribution in [0.3, 0.4) is 0 Å². The van der Waals surface area contributed by atoms with Crippen LogP contribution in [0.4, 0.5) is 0 Å². The summed E-state index contributed by atoms with van der Waals surface area (Å²) in [6.07, 6.45) is 0.539. The maximum atomic E-state index is 13.1. The first-order valence-electron chi connectivity index (χ1n) is 7.97. The van der Waals surface area contributed by atoms with Crippen molar-refractivity contribution in [2.75, 3.05) is 7.11 Å². The SMILES string of the molecule is CC[C@]1(C(=O)OC)[C@H](c2ccccc2)N1S(=O)c1ccc(C)cc1. The van der Waals surface area contributed by atoms with Gasteiger partial charge >= 0.3 is 5.97 Å². The summed E-state index contributed by atoms with van der Waals surface area (Å²) in [5, 5.41) is 0. The summed E-state index contributed by atoms with van der Waals surface area (Å²) < 4.78 is 19.9. The van der Waals surface area contributed by atoms with Gasteiger partial charge in [-0.05, 0) is 31.0 Å². The van der Waals surface area contributed by atoms with Crippen LogP contribution in [0.1, 0.15) is 30.5 Å². The number of aryl methyl sites for hydroxylation is 1. The van der Waals surface area contributed by atoms with E-state index in [9.17, 15) is 9.00 Å². The molecule has 1 aliphatic heterocycles. The van der Waals surface area contributed by atoms with Gasteiger partial charge < -0.3 is 4.74 Å². The summed E-state index contributed by atoms with van der Waals surface area (Å²) in [7, 11) is -0.0398. The van der Waals surface area contributed by atoms with Gasteiger partial charge in [0.2, 0.25) is 0 Å². The third-order valence-corrected chi connectivity index (χ3v) is 6.18. The minimum atomic E-state index is -1.42. The summed E-state index contributed by atoms with van der Waals surface area (Å²) in [6.45, 7) is 3.92. The fraction of sp³-hybridized carbons (Fsp3) is 0.316. The molecule has 3 rings (SSSR count). The van der Waals surface area contributed by atoms with Crippen LogP contribution in [-0.4, -0.2) is 27.1 Å². The molecule has 0 aromatic heterocycles. The molecule has 5 heteroatoms. The Balaban J connectivity index is 2.01. The highest BCUT2D eigenvalue weighted by atomic mass is 32.2. The lowest BCUT2D eigenvalue weighted by Gasteiger charge is -2.12. The summed E-state index contributed by atoms with van der Waals surface area (Å²) in [5.41, 5.74) is 1.22. The predicted molar refractivity (Wildman–Crippen MR) is 93.6 cm³/mol. The van der Waals surface area contributed by atoms with Crippen molar-refractivity contribution in [3.63, 3.8) is 0 Å². The molecule has 0 aliphatic carbocycles. The molecule has 1 saturated heterocycles. The van der Waals surface area contributed by atoms with E-state index in [1.54, 1.807) is 4.31 Å². The summed E-state index contributed by atoms with van der Waals surface area (Å²) in [5.74, 6) is -0.334. The van der Waals surface area contributed by atoms with Crippen molar-refractivity contribution in [1.82, 2.24) is 4.31 Å². The molecule has 4 nitrogen and oxygen atoms in total. The number of esters is 1. The number of methoxy groups -OCH3 is 1. The number of carbonyl (C=O) groups is 1. The van der Waals surface area contributed by atoms with Crippen LogP contribution in [0.15, 0.2) is 59.5 Å². The van der Waals surface area contributed by atoms with Crippen LogP contribution in [0, 0.1) is 6.92 Å². The van der Waals surface area contributed by atoms with E-state index in [-0.39, 0.29) is 12.0 Å². The average molecular weight is 343 g/mol. The fourth-order valence-electron chi connectivity index (χ4n) is 3.24. The highest BCUT2D eigenvalue weighted by molar-refractivity contribution is 7.83. The summed E-state index contributed by atoms with van der Waals surface area (Å²) >= 11 is 0. The zero-order valence-corrected chi connectivity index (χ0v) is 14.9. The van der Waals surface area contributed by atoms with Gasteiger partial charge in [-0.2, -0.15) is 4.31 Å². The molecule has 0 N–H and O–H groups in total. The highest BCUT2D eigenvalue weighted by Crippen LogP contribution is 2.58. The third-order valence-electron chi connectivity index (χ3n) is 4.61. The number of hydrogen-bond donors (Lipinski definition) is 0. The zero-order chi connectivity index (χ0) is 17.3. The number of rotatable bonds is 5. The van der Waals surface area contributed by atoms with Gasteiger partial charge in [-0.3, -0.25) is 0 Å². The Morgan fingerprint density at radius 2 is 1.79 bits per heavy atom. The van der Waals surface area contributed by atoms with Gasteiger partial charge in [0.15, 0.2) is 5.54 Å². The van der Waals surface area contributed by atoms with Crippen LogP contribution in [0.25, 0.3) is 0 Å². The molecule has 126 valence electrons. The van der Waals surface area contributed by atoms with E-state index >= 15 is 0 Å². The van der Waals surface area contributed by atoms with Gasteiger partial charge in [-0.15, -0.1) is 0 Å². The zero-order valence-electron chi connectivity index (χ0n) is 14.1. The Bertz CT molecular complexity index is 760. The Morgan fingerprint density at radius 3 is 2.33 bits per heavy atom. The molecule has 1 fully saturated rings. The molecule has 0 radical (unpaired) electrons. The molecular formula is C19H21NO3S. The van der Waals surface area contributed by atoms with Gasteiger partial charge in [0, 0.05) is 0 Å². The minimum absolute atomic E-state index is 0.238. The van der Waals surface area contributed by atoms with E-state index in [2.05, 4.69) is 0 Å². The van der Waals surface area contributed by atoms with Crippen LogP contribution in [-0.2, 0) is 20.5 Å². The van der Waals surface area contributed by atoms with E-state index in [0.29, 0.717) is 11.3 Å². The van der Waals surface area contributed by atoms with Crippen molar-refractivity contribution in [2.24, 2.45) is 0 Å². The third kappa shape index (κ3) is 2.58. The molecule has 0 saturated carbocycles. The van der Waals surface area contributed by atoms with E-state index in [4.69, 9.17) is 4.74 Å². The first kappa shape index (κ1) is 16.9. The monoisotopic (exact) mass is 343 g/mol. The van der Waals surface area contributed by atoms with Crippen molar-refractivity contribution in [1.29, 1.82) is 0 Å². The van der Waals surface area contributed by atoms with Crippen molar-refractivity contribution in [2.45, 2.75) is 36.7 Å². The molecule has 2 aromatic carbocycles. The second-order valence-corrected chi connectivity index (χ2v) is 7.33. The molecule has 0 bridgehead atoms. The van der Waals surface area contributed by atoms with Crippen molar-refractivity contribution >= 4 is 17.0 Å². The molecule has 24 heavy (non-hydrogen) atoms. The Morgan fingerprint density at radius 1 is 1.17 bits per heavy atom. The number of nitrogens with zero attached hydrogens (tertiary/aromatic N) is 1. The summed E-state index contributed by atoms with van der Waals surface area (Å²) in [4.78, 5) is 13.2. The van der Waals surface area contributed by atoms with E-state index in [1.165, 1.54) is 7.11 Å².